The fourth-order valence-corrected chi connectivity index (χ4v) is 18.1. The zero-order chi connectivity index (χ0) is 44.1. The normalized spacial score (nSPS) is 45.8. The summed E-state index contributed by atoms with van der Waals surface area (Å²) in [6.45, 7) is 14.7. The van der Waals surface area contributed by atoms with Gasteiger partial charge in [-0.05, 0) is 221 Å². The zero-order valence-corrected chi connectivity index (χ0v) is 38.9. The highest BCUT2D eigenvalue weighted by Crippen LogP contribution is 2.70. The summed E-state index contributed by atoms with van der Waals surface area (Å²) in [6.07, 6.45) is 23.7. The van der Waals surface area contributed by atoms with Gasteiger partial charge in [-0.2, -0.15) is 0 Å². The van der Waals surface area contributed by atoms with E-state index in [-0.39, 0.29) is 37.4 Å². The lowest BCUT2D eigenvalue weighted by Crippen LogP contribution is -2.54. The van der Waals surface area contributed by atoms with Gasteiger partial charge in [-0.25, -0.2) is 0 Å². The Morgan fingerprint density at radius 3 is 1.41 bits per heavy atom. The first-order chi connectivity index (χ1) is 28.8. The van der Waals surface area contributed by atoms with Crippen LogP contribution in [-0.4, -0.2) is 56.5 Å². The van der Waals surface area contributed by atoms with Crippen LogP contribution in [0.5, 0.6) is 0 Å². The van der Waals surface area contributed by atoms with Crippen LogP contribution in [0, 0.1) is 92.7 Å². The molecule has 0 aromatic rings. The van der Waals surface area contributed by atoms with Crippen molar-refractivity contribution in [3.05, 3.63) is 0 Å². The number of aliphatic hydroxyl groups excluding tert-OH is 1. The first-order valence-electron chi connectivity index (χ1n) is 25.3. The first kappa shape index (κ1) is 46.8. The van der Waals surface area contributed by atoms with Crippen molar-refractivity contribution in [2.75, 3.05) is 0 Å². The third kappa shape index (κ3) is 9.09. The second-order valence-electron chi connectivity index (χ2n) is 23.8. The summed E-state index contributed by atoms with van der Waals surface area (Å²) < 4.78 is 5.69. The molecule has 0 amide bonds. The lowest BCUT2D eigenvalue weighted by Gasteiger charge is -2.61. The van der Waals surface area contributed by atoms with Gasteiger partial charge in [0.05, 0.1) is 18.9 Å². The Labute approximate surface area is 367 Å². The number of aliphatic carboxylic acids is 3. The van der Waals surface area contributed by atoms with Crippen LogP contribution in [0.4, 0.5) is 0 Å². The lowest BCUT2D eigenvalue weighted by atomic mass is 9.44. The number of carbonyl (C=O) groups is 4. The Balaban J connectivity index is 0.000000189. The van der Waals surface area contributed by atoms with Crippen LogP contribution < -0.4 is 0 Å². The van der Waals surface area contributed by atoms with E-state index in [1.165, 1.54) is 83.5 Å². The van der Waals surface area contributed by atoms with E-state index in [0.717, 1.165) is 86.4 Å². The monoisotopic (exact) mass is 853 g/mol. The number of hydrogen-bond acceptors (Lipinski definition) is 6. The Morgan fingerprint density at radius 1 is 0.508 bits per heavy atom. The molecule has 0 heterocycles. The molecule has 0 aromatic carbocycles. The zero-order valence-electron chi connectivity index (χ0n) is 38.9. The van der Waals surface area contributed by atoms with Gasteiger partial charge in [-0.1, -0.05) is 41.5 Å². The van der Waals surface area contributed by atoms with Crippen molar-refractivity contribution in [2.24, 2.45) is 92.7 Å². The molecule has 0 spiro atoms. The SMILES string of the molecule is C[C@H](CCC(=O)O)C1CC[C@H]2C3CC[C@@H]4C[C@H](O)CC[C@]4(C)C3CC[C@]12C.C[C@H](CCC(=O)O)C1CC[C@H]2C3CC[C@@H]4C[C@H](OC(=O)CCC(=O)O)CC[C@]4(C)C3CC[C@]12C. The summed E-state index contributed by atoms with van der Waals surface area (Å²) in [5.41, 5.74) is 1.54. The second-order valence-corrected chi connectivity index (χ2v) is 23.8. The largest absolute Gasteiger partial charge is 0.481 e. The molecule has 9 heteroatoms. The maximum absolute atomic E-state index is 12.1. The summed E-state index contributed by atoms with van der Waals surface area (Å²) in [7, 11) is 0. The number of carboxylic acids is 3. The number of fused-ring (bicyclic) bond motifs is 10. The molecule has 8 fully saturated rings. The van der Waals surface area contributed by atoms with E-state index < -0.39 is 17.9 Å². The van der Waals surface area contributed by atoms with Crippen LogP contribution in [0.15, 0.2) is 0 Å². The Hall–Kier alpha value is -2.16. The van der Waals surface area contributed by atoms with Crippen molar-refractivity contribution >= 4 is 23.9 Å². The van der Waals surface area contributed by atoms with Crippen LogP contribution in [0.1, 0.15) is 196 Å². The maximum Gasteiger partial charge on any atom is 0.306 e. The molecule has 6 unspecified atom stereocenters. The molecular weight excluding hydrogens is 769 g/mol. The van der Waals surface area contributed by atoms with Gasteiger partial charge < -0.3 is 25.2 Å². The standard InChI is InChI=1S/C28H44O6.C24H40O3/c1-17(4-9-24(29)30)21-7-8-22-20-6-5-18-16-19(34-26(33)11-10-25(31)32)12-14-27(18,2)23(20)13-15-28(21,22)3;1-15(4-9-22(26)27)19-7-8-20-18-6-5-16-14-17(25)10-12-23(16,2)21(18)11-13-24(19,20)3/h17-23H,4-16H2,1-3H3,(H,29,30)(H,31,32);15-21,25H,4-14H2,1-3H3,(H,26,27)/t17-,18-,19-,20?,21?,22+,23?,27+,28-;15-,16-,17-,18?,19?,20+,21?,23+,24-/m11/s1. The summed E-state index contributed by atoms with van der Waals surface area (Å²) in [6, 6.07) is 0. The molecule has 4 N–H and O–H groups in total. The van der Waals surface area contributed by atoms with Crippen molar-refractivity contribution < 1.29 is 44.3 Å². The fraction of sp³-hybridized carbons (Fsp3) is 0.923. The molecule has 61 heavy (non-hydrogen) atoms. The molecule has 18 atom stereocenters. The molecule has 0 aromatic heterocycles. The molecule has 0 bridgehead atoms. The maximum atomic E-state index is 12.1. The third-order valence-corrected chi connectivity index (χ3v) is 21.2. The predicted molar refractivity (Wildman–Crippen MR) is 235 cm³/mol. The highest BCUT2D eigenvalue weighted by atomic mass is 16.5. The van der Waals surface area contributed by atoms with E-state index in [4.69, 9.17) is 20.1 Å². The van der Waals surface area contributed by atoms with Crippen LogP contribution in [-0.2, 0) is 23.9 Å². The number of aliphatic hydroxyl groups is 1. The molecule has 0 aliphatic heterocycles. The first-order valence-corrected chi connectivity index (χ1v) is 25.3. The van der Waals surface area contributed by atoms with E-state index in [0.29, 0.717) is 57.7 Å². The van der Waals surface area contributed by atoms with Crippen molar-refractivity contribution in [2.45, 2.75) is 208 Å². The van der Waals surface area contributed by atoms with Crippen LogP contribution in [0.2, 0.25) is 0 Å². The van der Waals surface area contributed by atoms with E-state index in [1.54, 1.807) is 0 Å². The molecule has 0 radical (unpaired) electrons. The lowest BCUT2D eigenvalue weighted by molar-refractivity contribution is -0.164. The number of carboxylic acid groups (broad SMARTS) is 3. The van der Waals surface area contributed by atoms with Gasteiger partial charge in [-0.3, -0.25) is 19.2 Å². The second kappa shape index (κ2) is 18.4. The van der Waals surface area contributed by atoms with Crippen molar-refractivity contribution in [1.82, 2.24) is 0 Å². The van der Waals surface area contributed by atoms with Crippen molar-refractivity contribution in [3.8, 4) is 0 Å². The number of esters is 1. The molecule has 9 nitrogen and oxygen atoms in total. The van der Waals surface area contributed by atoms with E-state index in [2.05, 4.69) is 41.5 Å². The molecule has 8 saturated carbocycles. The number of carbonyl (C=O) groups excluding carboxylic acids is 1. The van der Waals surface area contributed by atoms with Crippen molar-refractivity contribution in [3.63, 3.8) is 0 Å². The average Bonchev–Trinajstić information content (AvgIpc) is 3.76. The summed E-state index contributed by atoms with van der Waals surface area (Å²) >= 11 is 0. The van der Waals surface area contributed by atoms with Gasteiger partial charge >= 0.3 is 23.9 Å². The minimum Gasteiger partial charge on any atom is -0.481 e. The van der Waals surface area contributed by atoms with Gasteiger partial charge in [0.1, 0.15) is 6.10 Å². The molecule has 0 saturated heterocycles. The van der Waals surface area contributed by atoms with E-state index in [1.807, 2.05) is 0 Å². The average molecular weight is 853 g/mol. The number of rotatable bonds is 12. The van der Waals surface area contributed by atoms with Crippen LogP contribution in [0.3, 0.4) is 0 Å². The van der Waals surface area contributed by atoms with E-state index >= 15 is 0 Å². The molecule has 8 aliphatic rings. The minimum atomic E-state index is -0.957. The topological polar surface area (TPSA) is 158 Å². The minimum absolute atomic E-state index is 0.0369. The van der Waals surface area contributed by atoms with Gasteiger partial charge in [-0.15, -0.1) is 0 Å². The molecule has 346 valence electrons. The summed E-state index contributed by atoms with van der Waals surface area (Å²) in [4.78, 5) is 45.0. The Morgan fingerprint density at radius 2 is 0.934 bits per heavy atom. The van der Waals surface area contributed by atoms with Gasteiger partial charge in [0.25, 0.3) is 0 Å². The summed E-state index contributed by atoms with van der Waals surface area (Å²) in [5, 5.41) is 37.3. The fourth-order valence-electron chi connectivity index (χ4n) is 18.1. The summed E-state index contributed by atoms with van der Waals surface area (Å²) in [5.74, 6) is 5.87. The van der Waals surface area contributed by atoms with Crippen LogP contribution in [0.25, 0.3) is 0 Å². The highest BCUT2D eigenvalue weighted by Gasteiger charge is 2.62. The van der Waals surface area contributed by atoms with Gasteiger partial charge in [0.2, 0.25) is 0 Å². The van der Waals surface area contributed by atoms with E-state index in [9.17, 15) is 24.3 Å². The van der Waals surface area contributed by atoms with Crippen molar-refractivity contribution in [1.29, 1.82) is 0 Å². The predicted octanol–water partition coefficient (Wildman–Crippen LogP) is 11.4. The highest BCUT2D eigenvalue weighted by molar-refractivity contribution is 5.76. The third-order valence-electron chi connectivity index (χ3n) is 21.2. The smallest absolute Gasteiger partial charge is 0.306 e. The molecule has 8 aliphatic carbocycles. The van der Waals surface area contributed by atoms with Gasteiger partial charge in [0, 0.05) is 12.8 Å². The molecule has 8 rings (SSSR count). The van der Waals surface area contributed by atoms with Crippen LogP contribution >= 0.6 is 0 Å². The quantitative estimate of drug-likeness (QED) is 0.140. The number of hydrogen-bond donors (Lipinski definition) is 4. The Bertz CT molecular complexity index is 1600. The van der Waals surface area contributed by atoms with Gasteiger partial charge in [0.15, 0.2) is 0 Å². The Kier molecular flexibility index (Phi) is 14.1. The molecular formula is C52H84O9. The number of ether oxygens (including phenoxy) is 1.